The summed E-state index contributed by atoms with van der Waals surface area (Å²) in [5.41, 5.74) is 6.31. The molecule has 9 nitrogen and oxygen atoms in total. The minimum absolute atomic E-state index is 0.165. The second-order valence-corrected chi connectivity index (χ2v) is 10.4. The highest BCUT2D eigenvalue weighted by molar-refractivity contribution is 8.01. The van der Waals surface area contributed by atoms with E-state index in [-0.39, 0.29) is 30.0 Å². The molecule has 2 saturated heterocycles. The number of fused-ring (bicyclic) bond motifs is 1. The molecule has 2 heterocycles. The normalized spacial score (nSPS) is 24.3. The lowest BCUT2D eigenvalue weighted by atomic mass is 9.94. The Labute approximate surface area is 191 Å². The van der Waals surface area contributed by atoms with Crippen LogP contribution < -0.4 is 16.4 Å². The topological polar surface area (TPSA) is 142 Å². The molecule has 2 aliphatic heterocycles. The third-order valence-electron chi connectivity index (χ3n) is 5.77. The van der Waals surface area contributed by atoms with Crippen LogP contribution in [0.3, 0.4) is 0 Å². The fraction of sp³-hybridized carbons (Fsp3) is 0.545. The number of nitrogens with zero attached hydrogens (tertiary/aromatic N) is 1. The van der Waals surface area contributed by atoms with Gasteiger partial charge in [0.2, 0.25) is 17.7 Å². The minimum atomic E-state index is -1.11. The summed E-state index contributed by atoms with van der Waals surface area (Å²) < 4.78 is -0.635. The molecule has 1 aromatic carbocycles. The highest BCUT2D eigenvalue weighted by Crippen LogP contribution is 2.50. The van der Waals surface area contributed by atoms with Gasteiger partial charge in [-0.2, -0.15) is 0 Å². The molecule has 4 unspecified atom stereocenters. The molecule has 174 valence electrons. The zero-order chi connectivity index (χ0) is 23.5. The van der Waals surface area contributed by atoms with E-state index in [9.17, 15) is 24.3 Å². The Morgan fingerprint density at radius 3 is 2.53 bits per heavy atom. The van der Waals surface area contributed by atoms with Crippen LogP contribution in [0.15, 0.2) is 30.3 Å². The molecule has 10 heteroatoms. The summed E-state index contributed by atoms with van der Waals surface area (Å²) in [5, 5.41) is 14.5. The number of β-lactam (4-membered cyclic amide) rings is 1. The molecule has 0 aromatic heterocycles. The van der Waals surface area contributed by atoms with Crippen molar-refractivity contribution in [2.24, 2.45) is 5.73 Å². The smallest absolute Gasteiger partial charge is 0.326 e. The van der Waals surface area contributed by atoms with Gasteiger partial charge in [0.25, 0.3) is 0 Å². The van der Waals surface area contributed by atoms with Crippen molar-refractivity contribution < 1.29 is 24.3 Å². The number of benzene rings is 1. The van der Waals surface area contributed by atoms with E-state index in [2.05, 4.69) is 10.6 Å². The second kappa shape index (κ2) is 9.91. The number of nitrogens with one attached hydrogen (secondary N) is 2. The summed E-state index contributed by atoms with van der Waals surface area (Å²) in [7, 11) is 0. The maximum atomic E-state index is 13.0. The van der Waals surface area contributed by atoms with Gasteiger partial charge in [-0.05, 0) is 45.2 Å². The van der Waals surface area contributed by atoms with Crippen LogP contribution in [-0.2, 0) is 25.6 Å². The highest BCUT2D eigenvalue weighted by atomic mass is 32.2. The lowest BCUT2D eigenvalue weighted by Gasteiger charge is -2.44. The first-order valence-electron chi connectivity index (χ1n) is 10.7. The summed E-state index contributed by atoms with van der Waals surface area (Å²) in [6.07, 6.45) is 1.69. The summed E-state index contributed by atoms with van der Waals surface area (Å²) in [6.45, 7) is 4.15. The molecular weight excluding hydrogens is 432 g/mol. The molecule has 5 N–H and O–H groups in total. The van der Waals surface area contributed by atoms with Gasteiger partial charge in [-0.25, -0.2) is 4.79 Å². The number of rotatable bonds is 10. The first kappa shape index (κ1) is 24.1. The Morgan fingerprint density at radius 2 is 1.91 bits per heavy atom. The molecule has 2 aliphatic rings. The second-order valence-electron chi connectivity index (χ2n) is 8.65. The molecule has 0 spiro atoms. The Kier molecular flexibility index (Phi) is 7.45. The molecule has 3 rings (SSSR count). The number of unbranched alkanes of at least 4 members (excludes halogenated alkanes) is 1. The monoisotopic (exact) mass is 462 g/mol. The van der Waals surface area contributed by atoms with E-state index >= 15 is 0 Å². The largest absolute Gasteiger partial charge is 0.480 e. The van der Waals surface area contributed by atoms with Gasteiger partial charge in [-0.1, -0.05) is 30.3 Å². The van der Waals surface area contributed by atoms with Crippen LogP contribution in [0.5, 0.6) is 0 Å². The van der Waals surface area contributed by atoms with Gasteiger partial charge in [0, 0.05) is 4.75 Å². The number of hydrogen-bond acceptors (Lipinski definition) is 6. The van der Waals surface area contributed by atoms with E-state index in [1.54, 1.807) is 0 Å². The van der Waals surface area contributed by atoms with Crippen LogP contribution in [0.4, 0.5) is 0 Å². The van der Waals surface area contributed by atoms with Crippen molar-refractivity contribution in [3.05, 3.63) is 35.9 Å². The lowest BCUT2D eigenvalue weighted by Crippen LogP contribution is -2.71. The van der Waals surface area contributed by atoms with E-state index in [0.29, 0.717) is 19.4 Å². The van der Waals surface area contributed by atoms with Crippen LogP contribution in [0.25, 0.3) is 0 Å². The molecule has 0 aliphatic carbocycles. The zero-order valence-corrected chi connectivity index (χ0v) is 19.1. The van der Waals surface area contributed by atoms with Crippen LogP contribution in [0.2, 0.25) is 0 Å². The number of thioether (sulfide) groups is 1. The Hall–Kier alpha value is -2.59. The minimum Gasteiger partial charge on any atom is -0.480 e. The van der Waals surface area contributed by atoms with Crippen molar-refractivity contribution in [2.45, 2.75) is 67.8 Å². The van der Waals surface area contributed by atoms with Gasteiger partial charge in [-0.3, -0.25) is 14.4 Å². The van der Waals surface area contributed by atoms with Crippen molar-refractivity contribution in [1.29, 1.82) is 0 Å². The molecule has 0 radical (unpaired) electrons. The van der Waals surface area contributed by atoms with Gasteiger partial charge in [0.05, 0.1) is 6.42 Å². The maximum Gasteiger partial charge on any atom is 0.326 e. The third kappa shape index (κ3) is 5.07. The summed E-state index contributed by atoms with van der Waals surface area (Å²) in [5.74, 6) is -2.19. The standard InChI is InChI=1S/C22H30N4O5S/c1-22(2)17(18(28)24-14(21(30)31)10-6-7-11-23)26-19(29)16(20(26)32-22)25-15(27)12-13-8-4-3-5-9-13/h3-5,8-9,14,16-17,20H,6-7,10-12,23H2,1-2H3,(H,24,28)(H,25,27)(H,30,31). The molecule has 2 fully saturated rings. The molecule has 4 atom stereocenters. The first-order valence-corrected chi connectivity index (χ1v) is 11.6. The van der Waals surface area contributed by atoms with Gasteiger partial charge in [-0.15, -0.1) is 11.8 Å². The van der Waals surface area contributed by atoms with Crippen LogP contribution in [-0.4, -0.2) is 68.5 Å². The first-order chi connectivity index (χ1) is 15.2. The van der Waals surface area contributed by atoms with Gasteiger partial charge >= 0.3 is 5.97 Å². The van der Waals surface area contributed by atoms with Gasteiger partial charge in [0.1, 0.15) is 23.5 Å². The third-order valence-corrected chi connectivity index (χ3v) is 7.35. The van der Waals surface area contributed by atoms with E-state index in [0.717, 1.165) is 5.56 Å². The fourth-order valence-electron chi connectivity index (χ4n) is 4.18. The van der Waals surface area contributed by atoms with Gasteiger partial charge < -0.3 is 26.4 Å². The number of aliphatic carboxylic acids is 1. The number of amides is 3. The van der Waals surface area contributed by atoms with E-state index in [4.69, 9.17) is 5.73 Å². The van der Waals surface area contributed by atoms with Crippen LogP contribution in [0.1, 0.15) is 38.7 Å². The molecule has 1 aromatic rings. The number of nitrogens with two attached hydrogens (primary N) is 1. The number of carboxylic acid groups (broad SMARTS) is 1. The van der Waals surface area contributed by atoms with E-state index < -0.39 is 34.7 Å². The lowest BCUT2D eigenvalue weighted by molar-refractivity contribution is -0.156. The number of carboxylic acids is 1. The summed E-state index contributed by atoms with van der Waals surface area (Å²) in [4.78, 5) is 51.3. The van der Waals surface area contributed by atoms with E-state index in [1.807, 2.05) is 44.2 Å². The molecule has 32 heavy (non-hydrogen) atoms. The number of carbonyl (C=O) groups is 4. The van der Waals surface area contributed by atoms with Crippen molar-refractivity contribution in [3.8, 4) is 0 Å². The van der Waals surface area contributed by atoms with Crippen molar-refractivity contribution in [1.82, 2.24) is 15.5 Å². The average molecular weight is 463 g/mol. The molecule has 0 saturated carbocycles. The maximum absolute atomic E-state index is 13.0. The van der Waals surface area contributed by atoms with Crippen molar-refractivity contribution in [3.63, 3.8) is 0 Å². The highest BCUT2D eigenvalue weighted by Gasteiger charge is 2.64. The average Bonchev–Trinajstić information content (AvgIpc) is 3.00. The summed E-state index contributed by atoms with van der Waals surface area (Å²) >= 11 is 1.44. The van der Waals surface area contributed by atoms with E-state index in [1.165, 1.54) is 16.7 Å². The zero-order valence-electron chi connectivity index (χ0n) is 18.2. The van der Waals surface area contributed by atoms with Crippen molar-refractivity contribution >= 4 is 35.5 Å². The van der Waals surface area contributed by atoms with Crippen LogP contribution in [0, 0.1) is 0 Å². The predicted molar refractivity (Wildman–Crippen MR) is 121 cm³/mol. The van der Waals surface area contributed by atoms with Gasteiger partial charge in [0.15, 0.2) is 0 Å². The summed E-state index contributed by atoms with van der Waals surface area (Å²) in [6, 6.07) is 6.69. The number of hydrogen-bond donors (Lipinski definition) is 4. The Bertz CT molecular complexity index is 878. The molecule has 3 amide bonds. The Balaban J connectivity index is 1.63. The number of carbonyl (C=O) groups excluding carboxylic acids is 3. The molecular formula is C22H30N4O5S. The fourth-order valence-corrected chi connectivity index (χ4v) is 5.81. The predicted octanol–water partition coefficient (Wildman–Crippen LogP) is 0.475. The van der Waals surface area contributed by atoms with Crippen LogP contribution >= 0.6 is 11.8 Å². The Morgan fingerprint density at radius 1 is 1.22 bits per heavy atom. The quantitative estimate of drug-likeness (QED) is 0.293. The molecule has 0 bridgehead atoms. The SMILES string of the molecule is CC1(C)SC2C(NC(=O)Cc3ccccc3)C(=O)N2C1C(=O)NC(CCCCN)C(=O)O. The van der Waals surface area contributed by atoms with Crippen molar-refractivity contribution in [2.75, 3.05) is 6.54 Å².